The maximum absolute atomic E-state index is 11.7. The molecule has 4 N–H and O–H groups in total. The fourth-order valence-corrected chi connectivity index (χ4v) is 5.62. The van der Waals surface area contributed by atoms with Crippen molar-refractivity contribution in [1.82, 2.24) is 19.9 Å². The van der Waals surface area contributed by atoms with Crippen LogP contribution in [0.4, 0.5) is 0 Å². The Labute approximate surface area is 260 Å². The van der Waals surface area contributed by atoms with Crippen LogP contribution in [-0.2, 0) is 11.2 Å². The fraction of sp³-hybridized carbons (Fsp3) is 0.242. The summed E-state index contributed by atoms with van der Waals surface area (Å²) in [4.78, 5) is 30.1. The summed E-state index contributed by atoms with van der Waals surface area (Å²) < 4.78 is 0.927. The molecule has 0 saturated carbocycles. The number of pyridine rings is 1. The van der Waals surface area contributed by atoms with Crippen LogP contribution >= 0.6 is 22.9 Å². The summed E-state index contributed by atoms with van der Waals surface area (Å²) in [5.74, 6) is -0.282. The molecular weight excluding hydrogens is 582 g/mol. The molecular formula is C33H34ClN5O3S. The number of carboxylic acids is 1. The van der Waals surface area contributed by atoms with E-state index >= 15 is 0 Å². The van der Waals surface area contributed by atoms with E-state index in [-0.39, 0.29) is 6.42 Å². The molecule has 5 rings (SSSR count). The number of thiazole rings is 1. The summed E-state index contributed by atoms with van der Waals surface area (Å²) in [6.07, 6.45) is 7.42. The second kappa shape index (κ2) is 13.4. The number of nitrogens with zero attached hydrogens (tertiary/aromatic N) is 4. The molecule has 0 aliphatic heterocycles. The third-order valence-corrected chi connectivity index (χ3v) is 7.69. The second-order valence-corrected chi connectivity index (χ2v) is 12.4. The Hall–Kier alpha value is -4.18. The highest BCUT2D eigenvalue weighted by molar-refractivity contribution is 7.22. The zero-order valence-corrected chi connectivity index (χ0v) is 26.3. The van der Waals surface area contributed by atoms with Crippen molar-refractivity contribution in [2.75, 3.05) is 0 Å². The maximum Gasteiger partial charge on any atom is 0.307 e. The first-order valence-corrected chi connectivity index (χ1v) is 14.9. The molecule has 8 nitrogen and oxygen atoms in total. The second-order valence-electron chi connectivity index (χ2n) is 10.9. The van der Waals surface area contributed by atoms with Crippen LogP contribution in [0.15, 0.2) is 67.3 Å². The van der Waals surface area contributed by atoms with E-state index in [9.17, 15) is 9.90 Å². The molecule has 0 saturated heterocycles. The van der Waals surface area contributed by atoms with Crippen LogP contribution in [-0.4, -0.2) is 41.7 Å². The number of rotatable bonds is 7. The molecule has 0 aliphatic carbocycles. The molecule has 5 aromatic rings. The highest BCUT2D eigenvalue weighted by Crippen LogP contribution is 2.41. The van der Waals surface area contributed by atoms with Gasteiger partial charge in [-0.15, -0.1) is 11.3 Å². The number of aliphatic carboxylic acids is 1. The van der Waals surface area contributed by atoms with Crippen molar-refractivity contribution in [1.29, 1.82) is 0 Å². The fourth-order valence-electron chi connectivity index (χ4n) is 4.36. The lowest BCUT2D eigenvalue weighted by Gasteiger charge is -2.13. The smallest absolute Gasteiger partial charge is 0.307 e. The average molecular weight is 616 g/mol. The van der Waals surface area contributed by atoms with Gasteiger partial charge in [0.05, 0.1) is 27.9 Å². The van der Waals surface area contributed by atoms with Crippen LogP contribution in [0, 0.1) is 6.92 Å². The van der Waals surface area contributed by atoms with E-state index in [0.29, 0.717) is 10.8 Å². The minimum atomic E-state index is -0.882. The first-order chi connectivity index (χ1) is 20.4. The number of hydrogen-bond acceptors (Lipinski definition) is 8. The van der Waals surface area contributed by atoms with Crippen LogP contribution in [0.5, 0.6) is 0 Å². The molecule has 0 amide bonds. The Morgan fingerprint density at radius 3 is 2.26 bits per heavy atom. The summed E-state index contributed by atoms with van der Waals surface area (Å²) in [6.45, 7) is 9.16. The Morgan fingerprint density at radius 2 is 1.67 bits per heavy atom. The highest BCUT2D eigenvalue weighted by Gasteiger charge is 2.20. The van der Waals surface area contributed by atoms with Gasteiger partial charge in [-0.25, -0.2) is 15.0 Å². The van der Waals surface area contributed by atoms with Gasteiger partial charge in [-0.05, 0) is 81.1 Å². The quantitative estimate of drug-likeness (QED) is 0.171. The van der Waals surface area contributed by atoms with E-state index in [1.54, 1.807) is 39.4 Å². The minimum Gasteiger partial charge on any atom is -0.481 e. The van der Waals surface area contributed by atoms with Crippen LogP contribution in [0.25, 0.3) is 48.7 Å². The number of carbonyl (C=O) groups is 1. The van der Waals surface area contributed by atoms with Crippen LogP contribution in [0.3, 0.4) is 0 Å². The SMILES string of the molecule is CC(C)(C)O.CC/C(=C/N)c1ncc(-c2cc(-c3nc4cc(C)c(CC(=O)O)c(-c5ccc(Cl)cc5)c4s3)ccn2)cn1. The molecule has 0 fully saturated rings. The molecule has 43 heavy (non-hydrogen) atoms. The number of aryl methyl sites for hydroxylation is 1. The van der Waals surface area contributed by atoms with Crippen LogP contribution in [0.2, 0.25) is 5.02 Å². The summed E-state index contributed by atoms with van der Waals surface area (Å²) in [6, 6.07) is 13.3. The van der Waals surface area contributed by atoms with Crippen molar-refractivity contribution >= 4 is 44.7 Å². The number of benzene rings is 2. The highest BCUT2D eigenvalue weighted by atomic mass is 35.5. The summed E-state index contributed by atoms with van der Waals surface area (Å²) in [5.41, 5.74) is 12.7. The molecule has 222 valence electrons. The molecule has 0 atom stereocenters. The third kappa shape index (κ3) is 8.01. The van der Waals surface area contributed by atoms with Crippen molar-refractivity contribution < 1.29 is 15.0 Å². The Kier molecular flexibility index (Phi) is 9.91. The number of allylic oxidation sites excluding steroid dienone is 1. The normalized spacial score (nSPS) is 11.7. The zero-order valence-electron chi connectivity index (χ0n) is 24.7. The molecule has 3 aromatic heterocycles. The number of fused-ring (bicyclic) bond motifs is 1. The van der Waals surface area contributed by atoms with E-state index in [0.717, 1.165) is 66.3 Å². The van der Waals surface area contributed by atoms with Crippen molar-refractivity contribution in [2.24, 2.45) is 5.73 Å². The minimum absolute atomic E-state index is 0.0819. The first-order valence-electron chi connectivity index (χ1n) is 13.7. The lowest BCUT2D eigenvalue weighted by atomic mass is 9.93. The number of nitrogens with two attached hydrogens (primary N) is 1. The van der Waals surface area contributed by atoms with Gasteiger partial charge in [0.2, 0.25) is 0 Å². The van der Waals surface area contributed by atoms with Gasteiger partial charge in [0.25, 0.3) is 0 Å². The maximum atomic E-state index is 11.7. The van der Waals surface area contributed by atoms with Gasteiger partial charge in [0.15, 0.2) is 5.82 Å². The lowest BCUT2D eigenvalue weighted by molar-refractivity contribution is -0.136. The Morgan fingerprint density at radius 1 is 1.02 bits per heavy atom. The summed E-state index contributed by atoms with van der Waals surface area (Å²) in [5, 5.41) is 19.6. The molecule has 0 unspecified atom stereocenters. The van der Waals surface area contributed by atoms with Gasteiger partial charge < -0.3 is 15.9 Å². The van der Waals surface area contributed by atoms with Crippen molar-refractivity contribution in [3.8, 4) is 33.0 Å². The van der Waals surface area contributed by atoms with E-state index in [1.165, 1.54) is 17.5 Å². The predicted octanol–water partition coefficient (Wildman–Crippen LogP) is 7.56. The van der Waals surface area contributed by atoms with Crippen molar-refractivity contribution in [2.45, 2.75) is 53.1 Å². The first kappa shape index (κ1) is 31.7. The topological polar surface area (TPSA) is 135 Å². The van der Waals surface area contributed by atoms with Gasteiger partial charge in [-0.2, -0.15) is 0 Å². The number of halogens is 1. The van der Waals surface area contributed by atoms with Crippen LogP contribution < -0.4 is 5.73 Å². The predicted molar refractivity (Wildman–Crippen MR) is 175 cm³/mol. The number of aromatic nitrogens is 4. The molecule has 2 aromatic carbocycles. The monoisotopic (exact) mass is 615 g/mol. The summed E-state index contributed by atoms with van der Waals surface area (Å²) >= 11 is 7.66. The molecule has 0 spiro atoms. The zero-order chi connectivity index (χ0) is 31.3. The standard InChI is InChI=1S/C29H24ClN5O2S.C4H10O/c1-3-17(13-31)28-33-14-20(15-34-28)23-11-19(8-9-32-23)29-35-24-10-16(2)22(12-25(36)37)26(27(24)38-29)18-4-6-21(30)7-5-18;1-4(2,3)5/h4-11,13-15H,3,12,31H2,1-2H3,(H,36,37);5H,1-3H3/b17-13-;. The molecule has 0 bridgehead atoms. The molecule has 0 aliphatic rings. The molecule has 10 heteroatoms. The third-order valence-electron chi connectivity index (χ3n) is 6.30. The Balaban J connectivity index is 0.000000782. The van der Waals surface area contributed by atoms with Gasteiger partial charge in [0.1, 0.15) is 5.01 Å². The van der Waals surface area contributed by atoms with E-state index in [2.05, 4.69) is 15.0 Å². The van der Waals surface area contributed by atoms with Crippen molar-refractivity contribution in [3.05, 3.63) is 89.2 Å². The number of carboxylic acid groups (broad SMARTS) is 1. The van der Waals surface area contributed by atoms with Gasteiger partial charge >= 0.3 is 5.97 Å². The van der Waals surface area contributed by atoms with Gasteiger partial charge in [-0.1, -0.05) is 30.7 Å². The average Bonchev–Trinajstić information content (AvgIpc) is 3.38. The van der Waals surface area contributed by atoms with E-state index < -0.39 is 11.6 Å². The van der Waals surface area contributed by atoms with Gasteiger partial charge in [0, 0.05) is 52.1 Å². The van der Waals surface area contributed by atoms with Crippen LogP contribution in [0.1, 0.15) is 51.1 Å². The van der Waals surface area contributed by atoms with Crippen molar-refractivity contribution in [3.63, 3.8) is 0 Å². The van der Waals surface area contributed by atoms with E-state index in [1.807, 2.05) is 56.3 Å². The Bertz CT molecular complexity index is 1770. The molecule has 3 heterocycles. The molecule has 0 radical (unpaired) electrons. The summed E-state index contributed by atoms with van der Waals surface area (Å²) in [7, 11) is 0. The van der Waals surface area contributed by atoms with Gasteiger partial charge in [-0.3, -0.25) is 9.78 Å². The lowest BCUT2D eigenvalue weighted by Crippen LogP contribution is -2.10. The largest absolute Gasteiger partial charge is 0.481 e. The number of hydrogen-bond donors (Lipinski definition) is 3. The van der Waals surface area contributed by atoms with E-state index in [4.69, 9.17) is 27.4 Å². The number of aliphatic hydroxyl groups is 1.